The number of hydrogen-bond donors (Lipinski definition) is 1. The van der Waals surface area contributed by atoms with Gasteiger partial charge in [0.05, 0.1) is 5.92 Å². The molecular formula is C22H27NO3S. The number of nitrogens with zero attached hydrogens (tertiary/aromatic N) is 1. The molecule has 0 bridgehead atoms. The molecule has 1 aromatic heterocycles. The fourth-order valence-corrected chi connectivity index (χ4v) is 5.55. The third-order valence-corrected chi connectivity index (χ3v) is 6.95. The molecule has 1 N–H and O–H groups in total. The minimum Gasteiger partial charge on any atom is -0.481 e. The van der Waals surface area contributed by atoms with Crippen molar-refractivity contribution in [1.29, 1.82) is 0 Å². The molecule has 5 heteroatoms. The molecule has 2 aromatic rings. The van der Waals surface area contributed by atoms with E-state index in [1.807, 2.05) is 37.3 Å². The van der Waals surface area contributed by atoms with Crippen LogP contribution in [0.25, 0.3) is 0 Å². The Labute approximate surface area is 164 Å². The average Bonchev–Trinajstić information content (AvgIpc) is 3.20. The Hall–Kier alpha value is -1.98. The first kappa shape index (κ1) is 19.8. The van der Waals surface area contributed by atoms with Crippen LogP contribution in [0.15, 0.2) is 30.3 Å². The summed E-state index contributed by atoms with van der Waals surface area (Å²) in [6.07, 6.45) is 1.61. The lowest BCUT2D eigenvalue weighted by Crippen LogP contribution is -2.35. The predicted molar refractivity (Wildman–Crippen MR) is 109 cm³/mol. The van der Waals surface area contributed by atoms with Gasteiger partial charge in [0.2, 0.25) is 0 Å². The van der Waals surface area contributed by atoms with Crippen LogP contribution in [0.5, 0.6) is 0 Å². The normalized spacial score (nSPS) is 17.1. The monoisotopic (exact) mass is 385 g/mol. The smallest absolute Gasteiger partial charge is 0.308 e. The van der Waals surface area contributed by atoms with E-state index in [2.05, 4.69) is 18.7 Å². The molecule has 1 aliphatic carbocycles. The fourth-order valence-electron chi connectivity index (χ4n) is 4.14. The topological polar surface area (TPSA) is 57.6 Å². The van der Waals surface area contributed by atoms with Crippen LogP contribution in [-0.2, 0) is 11.2 Å². The van der Waals surface area contributed by atoms with Gasteiger partial charge in [-0.3, -0.25) is 9.59 Å². The largest absolute Gasteiger partial charge is 0.481 e. The number of thiophene rings is 1. The first-order valence-electron chi connectivity index (χ1n) is 9.64. The van der Waals surface area contributed by atoms with E-state index in [1.165, 1.54) is 0 Å². The van der Waals surface area contributed by atoms with Crippen LogP contribution < -0.4 is 0 Å². The Balaban J connectivity index is 1.94. The quantitative estimate of drug-likeness (QED) is 0.686. The second-order valence-corrected chi connectivity index (χ2v) is 8.40. The van der Waals surface area contributed by atoms with Crippen molar-refractivity contribution in [2.75, 3.05) is 19.6 Å². The van der Waals surface area contributed by atoms with Gasteiger partial charge in [-0.15, -0.1) is 11.3 Å². The highest BCUT2D eigenvalue weighted by molar-refractivity contribution is 7.12. The van der Waals surface area contributed by atoms with Crippen LogP contribution in [0.3, 0.4) is 0 Å². The van der Waals surface area contributed by atoms with Crippen LogP contribution in [0.1, 0.15) is 57.4 Å². The number of aliphatic carboxylic acids is 1. The van der Waals surface area contributed by atoms with Gasteiger partial charge in [0.1, 0.15) is 0 Å². The number of aryl methyl sites for hydroxylation is 1. The van der Waals surface area contributed by atoms with E-state index in [0.717, 1.165) is 46.8 Å². The molecule has 144 valence electrons. The summed E-state index contributed by atoms with van der Waals surface area (Å²) >= 11 is 1.62. The van der Waals surface area contributed by atoms with Crippen molar-refractivity contribution < 1.29 is 14.7 Å². The third kappa shape index (κ3) is 3.85. The minimum absolute atomic E-state index is 0.000812. The minimum atomic E-state index is -0.735. The predicted octanol–water partition coefficient (Wildman–Crippen LogP) is 4.36. The lowest BCUT2D eigenvalue weighted by Gasteiger charge is -2.26. The van der Waals surface area contributed by atoms with E-state index in [0.29, 0.717) is 12.1 Å². The second-order valence-electron chi connectivity index (χ2n) is 7.15. The van der Waals surface area contributed by atoms with Gasteiger partial charge in [-0.05, 0) is 38.4 Å². The number of carbonyl (C=O) groups excluding carboxylic acids is 1. The summed E-state index contributed by atoms with van der Waals surface area (Å²) in [5.41, 5.74) is 2.58. The maximum atomic E-state index is 13.1. The van der Waals surface area contributed by atoms with E-state index in [-0.39, 0.29) is 11.7 Å². The van der Waals surface area contributed by atoms with Crippen LogP contribution in [0.4, 0.5) is 0 Å². The van der Waals surface area contributed by atoms with Gasteiger partial charge in [0.25, 0.3) is 0 Å². The number of benzene rings is 1. The number of rotatable bonds is 8. The van der Waals surface area contributed by atoms with Crippen molar-refractivity contribution in [1.82, 2.24) is 4.90 Å². The van der Waals surface area contributed by atoms with Crippen LogP contribution in [0, 0.1) is 12.8 Å². The van der Waals surface area contributed by atoms with Crippen LogP contribution in [-0.4, -0.2) is 41.4 Å². The maximum absolute atomic E-state index is 13.1. The molecule has 1 aliphatic rings. The van der Waals surface area contributed by atoms with Crippen molar-refractivity contribution in [3.8, 4) is 0 Å². The molecule has 0 radical (unpaired) electrons. The van der Waals surface area contributed by atoms with Gasteiger partial charge in [-0.25, -0.2) is 0 Å². The third-order valence-electron chi connectivity index (χ3n) is 5.67. The van der Waals surface area contributed by atoms with Gasteiger partial charge in [-0.1, -0.05) is 44.2 Å². The zero-order chi connectivity index (χ0) is 19.6. The van der Waals surface area contributed by atoms with Crippen LogP contribution in [0.2, 0.25) is 0 Å². The summed E-state index contributed by atoms with van der Waals surface area (Å²) in [7, 11) is 0. The summed E-state index contributed by atoms with van der Waals surface area (Å²) in [6.45, 7) is 8.37. The molecule has 4 nitrogen and oxygen atoms in total. The van der Waals surface area contributed by atoms with E-state index in [9.17, 15) is 14.7 Å². The molecule has 0 spiro atoms. The number of carboxylic acids is 1. The summed E-state index contributed by atoms with van der Waals surface area (Å²) < 4.78 is 0. The molecule has 0 saturated carbocycles. The van der Waals surface area contributed by atoms with Crippen molar-refractivity contribution >= 4 is 23.1 Å². The molecule has 0 saturated heterocycles. The lowest BCUT2D eigenvalue weighted by molar-refractivity contribution is -0.143. The Morgan fingerprint density at radius 2 is 1.89 bits per heavy atom. The number of hydrogen-bond acceptors (Lipinski definition) is 4. The highest BCUT2D eigenvalue weighted by Crippen LogP contribution is 2.46. The number of carbonyl (C=O) groups is 2. The fraction of sp³-hybridized carbons (Fsp3) is 0.455. The second kappa shape index (κ2) is 8.36. The average molecular weight is 386 g/mol. The van der Waals surface area contributed by atoms with Gasteiger partial charge >= 0.3 is 5.97 Å². The van der Waals surface area contributed by atoms with Crippen molar-refractivity contribution in [2.45, 2.75) is 39.5 Å². The standard InChI is InChI=1S/C22H27NO3S/c1-4-23(5-2)13-18(22(25)26)16-11-12-17-19(14(3)27-21(16)17)20(24)15-9-7-6-8-10-15/h6-10,16,18H,4-5,11-13H2,1-3H3,(H,25,26). The van der Waals surface area contributed by atoms with Crippen molar-refractivity contribution in [3.05, 3.63) is 56.8 Å². The number of fused-ring (bicyclic) bond motifs is 1. The SMILES string of the molecule is CCN(CC)CC(C(=O)O)C1CCc2c1sc(C)c2C(=O)c1ccccc1. The molecular weight excluding hydrogens is 358 g/mol. The molecule has 2 atom stereocenters. The first-order valence-corrected chi connectivity index (χ1v) is 10.5. The summed E-state index contributed by atoms with van der Waals surface area (Å²) in [5, 5.41) is 9.87. The Kier molecular flexibility index (Phi) is 6.12. The molecule has 0 aliphatic heterocycles. The zero-order valence-corrected chi connectivity index (χ0v) is 17.0. The van der Waals surface area contributed by atoms with E-state index in [1.54, 1.807) is 11.3 Å². The molecule has 2 unspecified atom stereocenters. The van der Waals surface area contributed by atoms with E-state index < -0.39 is 11.9 Å². The lowest BCUT2D eigenvalue weighted by atomic mass is 9.90. The van der Waals surface area contributed by atoms with E-state index >= 15 is 0 Å². The van der Waals surface area contributed by atoms with Gasteiger partial charge < -0.3 is 10.0 Å². The van der Waals surface area contributed by atoms with Gasteiger partial charge in [0, 0.05) is 33.3 Å². The molecule has 3 rings (SSSR count). The molecule has 0 amide bonds. The summed E-state index contributed by atoms with van der Waals surface area (Å²) in [4.78, 5) is 29.4. The molecule has 27 heavy (non-hydrogen) atoms. The molecule has 0 fully saturated rings. The molecule has 1 heterocycles. The Bertz CT molecular complexity index is 824. The van der Waals surface area contributed by atoms with Crippen molar-refractivity contribution in [3.63, 3.8) is 0 Å². The summed E-state index contributed by atoms with van der Waals surface area (Å²) in [6, 6.07) is 9.35. The number of ketones is 1. The summed E-state index contributed by atoms with van der Waals surface area (Å²) in [5.74, 6) is -1.10. The highest BCUT2D eigenvalue weighted by Gasteiger charge is 2.39. The Morgan fingerprint density at radius 1 is 1.22 bits per heavy atom. The zero-order valence-electron chi connectivity index (χ0n) is 16.2. The van der Waals surface area contributed by atoms with Gasteiger partial charge in [-0.2, -0.15) is 0 Å². The first-order chi connectivity index (χ1) is 13.0. The highest BCUT2D eigenvalue weighted by atomic mass is 32.1. The maximum Gasteiger partial charge on any atom is 0.308 e. The van der Waals surface area contributed by atoms with Gasteiger partial charge in [0.15, 0.2) is 5.78 Å². The molecule has 1 aromatic carbocycles. The number of carboxylic acid groups (broad SMARTS) is 1. The van der Waals surface area contributed by atoms with Crippen LogP contribution >= 0.6 is 11.3 Å². The van der Waals surface area contributed by atoms with E-state index in [4.69, 9.17) is 0 Å². The van der Waals surface area contributed by atoms with Crippen molar-refractivity contribution in [2.24, 2.45) is 5.92 Å². The Morgan fingerprint density at radius 3 is 2.48 bits per heavy atom.